The number of aliphatic hydroxyl groups excluding tert-OH is 1. The van der Waals surface area contributed by atoms with Gasteiger partial charge in [0.05, 0.1) is 12.7 Å². The summed E-state index contributed by atoms with van der Waals surface area (Å²) in [6.45, 7) is -0.0698. The molecule has 1 aliphatic rings. The molecule has 1 heterocycles. The molecule has 1 aliphatic heterocycles. The molecule has 1 atom stereocenters. The maximum Gasteiger partial charge on any atom is 0.339 e. The fraction of sp³-hybridized carbons (Fsp3) is 0.300. The molecule has 0 radical (unpaired) electrons. The second-order valence-corrected chi connectivity index (χ2v) is 3.12. The van der Waals surface area contributed by atoms with Crippen LogP contribution in [0.4, 0.5) is 4.39 Å². The van der Waals surface area contributed by atoms with E-state index in [2.05, 4.69) is 4.74 Å². The second-order valence-electron chi connectivity index (χ2n) is 3.12. The van der Waals surface area contributed by atoms with Gasteiger partial charge in [-0.15, -0.1) is 0 Å². The minimum Gasteiger partial charge on any atom is -0.467 e. The van der Waals surface area contributed by atoms with Gasteiger partial charge in [-0.2, -0.15) is 0 Å². The van der Waals surface area contributed by atoms with Crippen molar-refractivity contribution in [3.63, 3.8) is 0 Å². The molecule has 0 amide bonds. The zero-order chi connectivity index (χ0) is 11.7. The molecule has 2 rings (SSSR count). The molecule has 0 spiro atoms. The zero-order valence-corrected chi connectivity index (χ0v) is 8.40. The van der Waals surface area contributed by atoms with Crippen molar-refractivity contribution in [3.05, 3.63) is 23.5 Å². The molecule has 1 aromatic carbocycles. The summed E-state index contributed by atoms with van der Waals surface area (Å²) in [5.41, 5.74) is -0.262. The Morgan fingerprint density at radius 1 is 1.56 bits per heavy atom. The third-order valence-corrected chi connectivity index (χ3v) is 2.22. The van der Waals surface area contributed by atoms with E-state index in [9.17, 15) is 14.3 Å². The van der Waals surface area contributed by atoms with E-state index >= 15 is 0 Å². The van der Waals surface area contributed by atoms with Gasteiger partial charge in [-0.3, -0.25) is 0 Å². The van der Waals surface area contributed by atoms with Gasteiger partial charge >= 0.3 is 5.97 Å². The van der Waals surface area contributed by atoms with Crippen LogP contribution in [0.2, 0.25) is 0 Å². The quantitative estimate of drug-likeness (QED) is 0.757. The second kappa shape index (κ2) is 3.97. The highest BCUT2D eigenvalue weighted by molar-refractivity contribution is 5.78. The summed E-state index contributed by atoms with van der Waals surface area (Å²) in [5.74, 6) is -1.37. The zero-order valence-electron chi connectivity index (χ0n) is 8.40. The summed E-state index contributed by atoms with van der Waals surface area (Å²) in [7, 11) is 1.10. The molecule has 0 aliphatic carbocycles. The molecule has 0 bridgehead atoms. The van der Waals surface area contributed by atoms with E-state index in [0.717, 1.165) is 13.2 Å². The van der Waals surface area contributed by atoms with E-state index in [1.165, 1.54) is 6.07 Å². The van der Waals surface area contributed by atoms with Crippen molar-refractivity contribution in [1.82, 2.24) is 0 Å². The van der Waals surface area contributed by atoms with Gasteiger partial charge in [0.2, 0.25) is 6.79 Å². The van der Waals surface area contributed by atoms with Crippen molar-refractivity contribution in [2.75, 3.05) is 13.9 Å². The van der Waals surface area contributed by atoms with E-state index in [4.69, 9.17) is 9.47 Å². The molecule has 86 valence electrons. The predicted molar refractivity (Wildman–Crippen MR) is 49.5 cm³/mol. The third-order valence-electron chi connectivity index (χ3n) is 2.22. The van der Waals surface area contributed by atoms with Crippen molar-refractivity contribution in [2.24, 2.45) is 0 Å². The number of aliphatic hydroxyl groups is 1. The lowest BCUT2D eigenvalue weighted by atomic mass is 10.1. The molecule has 0 saturated heterocycles. The van der Waals surface area contributed by atoms with Crippen LogP contribution in [0.15, 0.2) is 12.1 Å². The van der Waals surface area contributed by atoms with Gasteiger partial charge in [-0.25, -0.2) is 9.18 Å². The van der Waals surface area contributed by atoms with Crippen LogP contribution in [0.3, 0.4) is 0 Å². The SMILES string of the molecule is COC(=O)C(O)c1c(F)ccc2c1OCO2. The van der Waals surface area contributed by atoms with Crippen molar-refractivity contribution in [3.8, 4) is 11.5 Å². The number of carbonyl (C=O) groups excluding carboxylic acids is 1. The molecule has 0 aromatic heterocycles. The van der Waals surface area contributed by atoms with Crippen molar-refractivity contribution >= 4 is 5.97 Å². The largest absolute Gasteiger partial charge is 0.467 e. The Kier molecular flexibility index (Phi) is 2.66. The number of fused-ring (bicyclic) bond motifs is 1. The number of benzene rings is 1. The molecular weight excluding hydrogens is 219 g/mol. The Morgan fingerprint density at radius 3 is 3.00 bits per heavy atom. The van der Waals surface area contributed by atoms with E-state index in [1.54, 1.807) is 0 Å². The van der Waals surface area contributed by atoms with Crippen molar-refractivity contribution < 1.29 is 28.5 Å². The summed E-state index contributed by atoms with van der Waals surface area (Å²) >= 11 is 0. The molecule has 1 aromatic rings. The lowest BCUT2D eigenvalue weighted by molar-refractivity contribution is -0.151. The minimum absolute atomic E-state index is 0.0397. The lowest BCUT2D eigenvalue weighted by Crippen LogP contribution is -2.15. The fourth-order valence-electron chi connectivity index (χ4n) is 1.45. The molecule has 1 unspecified atom stereocenters. The summed E-state index contributed by atoms with van der Waals surface area (Å²) in [6.07, 6.45) is -1.72. The topological polar surface area (TPSA) is 65.0 Å². The molecule has 0 saturated carbocycles. The van der Waals surface area contributed by atoms with E-state index in [1.807, 2.05) is 0 Å². The first-order chi connectivity index (χ1) is 7.65. The molecule has 0 fully saturated rings. The van der Waals surface area contributed by atoms with E-state index in [-0.39, 0.29) is 18.1 Å². The number of methoxy groups -OCH3 is 1. The van der Waals surface area contributed by atoms with Crippen LogP contribution in [0, 0.1) is 5.82 Å². The normalized spacial score (nSPS) is 14.7. The molecule has 5 nitrogen and oxygen atoms in total. The van der Waals surface area contributed by atoms with Crippen molar-refractivity contribution in [2.45, 2.75) is 6.10 Å². The summed E-state index contributed by atoms with van der Waals surface area (Å²) in [5, 5.41) is 9.58. The number of esters is 1. The van der Waals surface area contributed by atoms with Crippen LogP contribution in [0.5, 0.6) is 11.5 Å². The van der Waals surface area contributed by atoms with Gasteiger partial charge in [-0.1, -0.05) is 0 Å². The van der Waals surface area contributed by atoms with Crippen LogP contribution in [-0.4, -0.2) is 25.0 Å². The molecule has 1 N–H and O–H groups in total. The smallest absolute Gasteiger partial charge is 0.339 e. The Balaban J connectivity index is 2.47. The highest BCUT2D eigenvalue weighted by atomic mass is 19.1. The molecular formula is C10H9FO5. The minimum atomic E-state index is -1.72. The Labute approximate surface area is 90.3 Å². The number of hydrogen-bond donors (Lipinski definition) is 1. The highest BCUT2D eigenvalue weighted by Gasteiger charge is 2.30. The first-order valence-electron chi connectivity index (χ1n) is 4.49. The maximum absolute atomic E-state index is 13.5. The van der Waals surface area contributed by atoms with Crippen LogP contribution >= 0.6 is 0 Å². The lowest BCUT2D eigenvalue weighted by Gasteiger charge is -2.11. The van der Waals surface area contributed by atoms with Gasteiger partial charge in [0.15, 0.2) is 17.6 Å². The summed E-state index contributed by atoms with van der Waals surface area (Å²) in [6, 6.07) is 2.46. The van der Waals surface area contributed by atoms with Gasteiger partial charge in [0, 0.05) is 0 Å². The average molecular weight is 228 g/mol. The number of ether oxygens (including phenoxy) is 3. The number of hydrogen-bond acceptors (Lipinski definition) is 5. The summed E-state index contributed by atoms with van der Waals surface area (Å²) < 4.78 is 27.8. The van der Waals surface area contributed by atoms with Gasteiger partial charge < -0.3 is 19.3 Å². The highest BCUT2D eigenvalue weighted by Crippen LogP contribution is 2.40. The molecule has 16 heavy (non-hydrogen) atoms. The first kappa shape index (κ1) is 10.7. The monoisotopic (exact) mass is 228 g/mol. The van der Waals surface area contributed by atoms with Gasteiger partial charge in [-0.05, 0) is 12.1 Å². The standard InChI is InChI=1S/C10H9FO5/c1-14-10(13)8(12)7-5(11)2-3-6-9(7)16-4-15-6/h2-3,8,12H,4H2,1H3. The maximum atomic E-state index is 13.5. The predicted octanol–water partition coefficient (Wildman–Crippen LogP) is 0.761. The Bertz CT molecular complexity index is 431. The fourth-order valence-corrected chi connectivity index (χ4v) is 1.45. The van der Waals surface area contributed by atoms with Crippen molar-refractivity contribution in [1.29, 1.82) is 0 Å². The van der Waals surface area contributed by atoms with E-state index in [0.29, 0.717) is 5.75 Å². The average Bonchev–Trinajstić information content (AvgIpc) is 2.75. The Hall–Kier alpha value is -1.82. The van der Waals surface area contributed by atoms with Gasteiger partial charge in [0.25, 0.3) is 0 Å². The first-order valence-corrected chi connectivity index (χ1v) is 4.49. The number of carbonyl (C=O) groups is 1. The van der Waals surface area contributed by atoms with E-state index < -0.39 is 17.9 Å². The Morgan fingerprint density at radius 2 is 2.31 bits per heavy atom. The van der Waals surface area contributed by atoms with Gasteiger partial charge in [0.1, 0.15) is 5.82 Å². The van der Waals surface area contributed by atoms with Crippen LogP contribution in [-0.2, 0) is 9.53 Å². The van der Waals surface area contributed by atoms with Crippen LogP contribution in [0.1, 0.15) is 11.7 Å². The molecule has 6 heteroatoms. The summed E-state index contributed by atoms with van der Waals surface area (Å²) in [4.78, 5) is 11.1. The van der Waals surface area contributed by atoms with Crippen LogP contribution in [0.25, 0.3) is 0 Å². The third kappa shape index (κ3) is 1.57. The number of rotatable bonds is 2. The van der Waals surface area contributed by atoms with Crippen LogP contribution < -0.4 is 9.47 Å². The number of halogens is 1.